The lowest BCUT2D eigenvalue weighted by molar-refractivity contribution is -0.145. The van der Waals surface area contributed by atoms with E-state index in [-0.39, 0.29) is 18.0 Å². The quantitative estimate of drug-likeness (QED) is 0.567. The third-order valence-electron chi connectivity index (χ3n) is 5.21. The second-order valence-electron chi connectivity index (χ2n) is 7.39. The van der Waals surface area contributed by atoms with Gasteiger partial charge in [-0.15, -0.1) is 0 Å². The maximum Gasteiger partial charge on any atom is 0.334 e. The average Bonchev–Trinajstić information content (AvgIpc) is 3.24. The van der Waals surface area contributed by atoms with Crippen LogP contribution in [0.5, 0.6) is 0 Å². The fraction of sp³-hybridized carbons (Fsp3) is 0.500. The largest absolute Gasteiger partial charge is 0.334 e. The molecule has 0 aromatic heterocycles. The Morgan fingerprint density at radius 1 is 1.07 bits per heavy atom. The van der Waals surface area contributed by atoms with E-state index in [4.69, 9.17) is 0 Å². The Labute approximate surface area is 158 Å². The summed E-state index contributed by atoms with van der Waals surface area (Å²) in [7, 11) is 0. The number of amides is 5. The normalized spacial score (nSPS) is 18.1. The van der Waals surface area contributed by atoms with E-state index >= 15 is 0 Å². The van der Waals surface area contributed by atoms with Gasteiger partial charge < -0.3 is 4.90 Å². The van der Waals surface area contributed by atoms with Gasteiger partial charge in [0, 0.05) is 18.6 Å². The lowest BCUT2D eigenvalue weighted by Gasteiger charge is -2.28. The predicted molar refractivity (Wildman–Crippen MR) is 98.3 cm³/mol. The Hall–Kier alpha value is -2.70. The molecule has 1 saturated carbocycles. The molecule has 27 heavy (non-hydrogen) atoms. The number of nitrogens with zero attached hydrogens (tertiary/aromatic N) is 3. The number of benzene rings is 1. The first-order valence-electron chi connectivity index (χ1n) is 9.42. The first-order chi connectivity index (χ1) is 12.9. The highest BCUT2D eigenvalue weighted by Crippen LogP contribution is 2.27. The van der Waals surface area contributed by atoms with Crippen molar-refractivity contribution in [2.75, 3.05) is 6.54 Å². The summed E-state index contributed by atoms with van der Waals surface area (Å²) in [4.78, 5) is 53.5. The highest BCUT2D eigenvalue weighted by molar-refractivity contribution is 6.45. The van der Waals surface area contributed by atoms with Crippen molar-refractivity contribution < 1.29 is 19.2 Å². The van der Waals surface area contributed by atoms with Gasteiger partial charge >= 0.3 is 17.8 Å². The molecule has 7 heteroatoms. The molecule has 2 fully saturated rings. The third kappa shape index (κ3) is 3.86. The van der Waals surface area contributed by atoms with E-state index in [1.54, 1.807) is 4.90 Å². The molecule has 1 aliphatic heterocycles. The number of carbonyl (C=O) groups excluding carboxylic acids is 4. The van der Waals surface area contributed by atoms with Crippen LogP contribution in [0.4, 0.5) is 4.79 Å². The molecular weight excluding hydrogens is 346 g/mol. The lowest BCUT2D eigenvalue weighted by atomic mass is 10.2. The summed E-state index contributed by atoms with van der Waals surface area (Å²) in [6.45, 7) is 3.74. The summed E-state index contributed by atoms with van der Waals surface area (Å²) in [6, 6.07) is 8.53. The second-order valence-corrected chi connectivity index (χ2v) is 7.39. The van der Waals surface area contributed by atoms with E-state index in [1.165, 1.54) is 0 Å². The molecule has 144 valence electrons. The van der Waals surface area contributed by atoms with Crippen molar-refractivity contribution in [2.45, 2.75) is 58.2 Å². The molecule has 1 aliphatic carbocycles. The van der Waals surface area contributed by atoms with Crippen LogP contribution in [0.3, 0.4) is 0 Å². The summed E-state index contributed by atoms with van der Waals surface area (Å²) in [6.07, 6.45) is 3.32. The van der Waals surface area contributed by atoms with Crippen LogP contribution in [0, 0.1) is 0 Å². The number of carbonyl (C=O) groups is 4. The molecule has 0 radical (unpaired) electrons. The molecule has 5 amide bonds. The van der Waals surface area contributed by atoms with Gasteiger partial charge in [-0.3, -0.25) is 19.3 Å². The molecule has 1 heterocycles. The molecule has 0 spiro atoms. The number of urea groups is 1. The molecular formula is C20H25N3O4. The summed E-state index contributed by atoms with van der Waals surface area (Å²) >= 11 is 0. The van der Waals surface area contributed by atoms with E-state index < -0.39 is 24.4 Å². The average molecular weight is 371 g/mol. The zero-order valence-corrected chi connectivity index (χ0v) is 15.8. The first kappa shape index (κ1) is 19.1. The molecule has 7 nitrogen and oxygen atoms in total. The minimum atomic E-state index is -0.899. The van der Waals surface area contributed by atoms with E-state index in [0.29, 0.717) is 6.54 Å². The van der Waals surface area contributed by atoms with Crippen LogP contribution in [-0.2, 0) is 20.9 Å². The van der Waals surface area contributed by atoms with Crippen LogP contribution in [-0.4, -0.2) is 57.1 Å². The van der Waals surface area contributed by atoms with Crippen LogP contribution in [0.25, 0.3) is 0 Å². The van der Waals surface area contributed by atoms with E-state index in [1.807, 2.05) is 44.2 Å². The van der Waals surface area contributed by atoms with Gasteiger partial charge in [0.05, 0.1) is 0 Å². The Bertz CT molecular complexity index is 741. The first-order valence-corrected chi connectivity index (χ1v) is 9.42. The van der Waals surface area contributed by atoms with E-state index in [2.05, 4.69) is 0 Å². The highest BCUT2D eigenvalue weighted by Gasteiger charge is 2.48. The van der Waals surface area contributed by atoms with Gasteiger partial charge in [-0.2, -0.15) is 0 Å². The van der Waals surface area contributed by atoms with Crippen molar-refractivity contribution in [1.82, 2.24) is 14.7 Å². The van der Waals surface area contributed by atoms with Crippen LogP contribution < -0.4 is 0 Å². The van der Waals surface area contributed by atoms with Crippen LogP contribution in [0.1, 0.15) is 45.1 Å². The summed E-state index contributed by atoms with van der Waals surface area (Å²) in [5.74, 6) is -2.06. The maximum absolute atomic E-state index is 12.8. The number of rotatable bonds is 6. The molecule has 0 atom stereocenters. The third-order valence-corrected chi connectivity index (χ3v) is 5.21. The molecule has 0 N–H and O–H groups in total. The Morgan fingerprint density at radius 2 is 1.70 bits per heavy atom. The molecule has 2 aliphatic rings. The second kappa shape index (κ2) is 7.90. The SMILES string of the molecule is CC(C)N(Cc1ccccc1)C(=O)CN1C(=O)C(=O)N(C2CCCC2)C1=O. The molecule has 0 unspecified atom stereocenters. The number of imide groups is 2. The highest BCUT2D eigenvalue weighted by atomic mass is 16.2. The molecule has 0 bridgehead atoms. The van der Waals surface area contributed by atoms with Crippen LogP contribution >= 0.6 is 0 Å². The molecule has 1 aromatic carbocycles. The maximum atomic E-state index is 12.8. The molecule has 1 saturated heterocycles. The Balaban J connectivity index is 1.72. The minimum Gasteiger partial charge on any atom is -0.334 e. The van der Waals surface area contributed by atoms with E-state index in [0.717, 1.165) is 41.0 Å². The van der Waals surface area contributed by atoms with Gasteiger partial charge in [-0.05, 0) is 32.3 Å². The number of hydrogen-bond donors (Lipinski definition) is 0. The fourth-order valence-electron chi connectivity index (χ4n) is 3.71. The molecule has 1 aromatic rings. The van der Waals surface area contributed by atoms with E-state index in [9.17, 15) is 19.2 Å². The predicted octanol–water partition coefficient (Wildman–Crippen LogP) is 2.16. The minimum absolute atomic E-state index is 0.104. The van der Waals surface area contributed by atoms with Gasteiger partial charge in [0.1, 0.15) is 6.54 Å². The van der Waals surface area contributed by atoms with Gasteiger partial charge in [-0.1, -0.05) is 43.2 Å². The van der Waals surface area contributed by atoms with Gasteiger partial charge in [-0.25, -0.2) is 9.69 Å². The van der Waals surface area contributed by atoms with Crippen LogP contribution in [0.2, 0.25) is 0 Å². The van der Waals surface area contributed by atoms with Crippen molar-refractivity contribution >= 4 is 23.8 Å². The topological polar surface area (TPSA) is 78.0 Å². The standard InChI is InChI=1S/C20H25N3O4/c1-14(2)21(12-15-8-4-3-5-9-15)17(24)13-22-18(25)19(26)23(20(22)27)16-10-6-7-11-16/h3-5,8-9,14,16H,6-7,10-13H2,1-2H3. The van der Waals surface area contributed by atoms with Gasteiger partial charge in [0.25, 0.3) is 0 Å². The zero-order valence-electron chi connectivity index (χ0n) is 15.8. The lowest BCUT2D eigenvalue weighted by Crippen LogP contribution is -2.46. The summed E-state index contributed by atoms with van der Waals surface area (Å²) < 4.78 is 0. The van der Waals surface area contributed by atoms with Crippen molar-refractivity contribution in [3.05, 3.63) is 35.9 Å². The summed E-state index contributed by atoms with van der Waals surface area (Å²) in [5.41, 5.74) is 0.960. The van der Waals surface area contributed by atoms with Crippen molar-refractivity contribution in [2.24, 2.45) is 0 Å². The smallest absolute Gasteiger partial charge is 0.334 e. The van der Waals surface area contributed by atoms with Gasteiger partial charge in [0.2, 0.25) is 5.91 Å². The fourth-order valence-corrected chi connectivity index (χ4v) is 3.71. The Morgan fingerprint density at radius 3 is 2.30 bits per heavy atom. The van der Waals surface area contributed by atoms with Crippen molar-refractivity contribution in [3.63, 3.8) is 0 Å². The zero-order chi connectivity index (χ0) is 19.6. The van der Waals surface area contributed by atoms with Crippen molar-refractivity contribution in [3.8, 4) is 0 Å². The molecule has 3 rings (SSSR count). The van der Waals surface area contributed by atoms with Gasteiger partial charge in [0.15, 0.2) is 0 Å². The van der Waals surface area contributed by atoms with Crippen LogP contribution in [0.15, 0.2) is 30.3 Å². The monoisotopic (exact) mass is 371 g/mol. The number of hydrogen-bond acceptors (Lipinski definition) is 4. The Kier molecular flexibility index (Phi) is 5.58. The summed E-state index contributed by atoms with van der Waals surface area (Å²) in [5, 5.41) is 0. The van der Waals surface area contributed by atoms with Crippen molar-refractivity contribution in [1.29, 1.82) is 0 Å².